The second-order valence-electron chi connectivity index (χ2n) is 14.3. The molecule has 10 aromatic rings. The maximum absolute atomic E-state index is 5.18. The maximum atomic E-state index is 5.18. The van der Waals surface area contributed by atoms with Crippen LogP contribution in [0.25, 0.3) is 88.3 Å². The van der Waals surface area contributed by atoms with Gasteiger partial charge in [-0.1, -0.05) is 133 Å². The van der Waals surface area contributed by atoms with E-state index in [0.29, 0.717) is 0 Å². The number of aromatic nitrogens is 3. The summed E-state index contributed by atoms with van der Waals surface area (Å²) in [4.78, 5) is 10.3. The van der Waals surface area contributed by atoms with E-state index >= 15 is 0 Å². The summed E-state index contributed by atoms with van der Waals surface area (Å²) in [6.45, 7) is 0. The van der Waals surface area contributed by atoms with Crippen LogP contribution < -0.4 is 5.32 Å². The SMILES string of the molecule is C1=CC(c2ccc3c(c2)c2nc4ccccc4nc2n3-c2ccccc2)[NH2+]C(c2cccc(-c3c4ccccc4c(-c4ccccc4)c4ccccc34)c2)=C1. The quantitative estimate of drug-likeness (QED) is 0.181. The second kappa shape index (κ2) is 12.8. The lowest BCUT2D eigenvalue weighted by Gasteiger charge is -2.20. The van der Waals surface area contributed by atoms with Crippen LogP contribution in [0.2, 0.25) is 0 Å². The first kappa shape index (κ1) is 31.4. The van der Waals surface area contributed by atoms with Gasteiger partial charge >= 0.3 is 0 Å². The third-order valence-corrected chi connectivity index (χ3v) is 11.1. The number of quaternary nitrogens is 1. The number of nitrogens with two attached hydrogens (primary N) is 1. The summed E-state index contributed by atoms with van der Waals surface area (Å²) in [6, 6.07) is 63.1. The van der Waals surface area contributed by atoms with Gasteiger partial charge in [0.25, 0.3) is 0 Å². The smallest absolute Gasteiger partial charge is 0.165 e. The number of allylic oxidation sites excluding steroid dienone is 2. The molecule has 2 aromatic heterocycles. The van der Waals surface area contributed by atoms with Crippen molar-refractivity contribution in [3.8, 4) is 27.9 Å². The highest BCUT2D eigenvalue weighted by Crippen LogP contribution is 2.44. The lowest BCUT2D eigenvalue weighted by Crippen LogP contribution is -2.82. The third-order valence-electron chi connectivity index (χ3n) is 11.1. The fraction of sp³-hybridized carbons (Fsp3) is 0.0196. The van der Waals surface area contributed by atoms with Gasteiger partial charge in [-0.05, 0) is 104 Å². The van der Waals surface area contributed by atoms with Gasteiger partial charge in [0.1, 0.15) is 17.3 Å². The molecule has 3 heterocycles. The third kappa shape index (κ3) is 5.19. The van der Waals surface area contributed by atoms with Gasteiger partial charge in [0.05, 0.1) is 16.6 Å². The molecule has 0 radical (unpaired) electrons. The van der Waals surface area contributed by atoms with Gasteiger partial charge in [0, 0.05) is 22.2 Å². The van der Waals surface area contributed by atoms with Crippen molar-refractivity contribution in [1.82, 2.24) is 14.5 Å². The van der Waals surface area contributed by atoms with E-state index in [2.05, 4.69) is 180 Å². The van der Waals surface area contributed by atoms with Crippen LogP contribution in [0.4, 0.5) is 0 Å². The lowest BCUT2D eigenvalue weighted by atomic mass is 9.85. The molecule has 4 heteroatoms. The predicted octanol–water partition coefficient (Wildman–Crippen LogP) is 11.6. The molecule has 1 atom stereocenters. The fourth-order valence-corrected chi connectivity index (χ4v) is 8.62. The van der Waals surface area contributed by atoms with Crippen LogP contribution in [0, 0.1) is 0 Å². The molecule has 0 amide bonds. The number of benzene rings is 8. The van der Waals surface area contributed by atoms with E-state index in [0.717, 1.165) is 38.8 Å². The highest BCUT2D eigenvalue weighted by molar-refractivity contribution is 6.21. The van der Waals surface area contributed by atoms with Crippen molar-refractivity contribution in [3.63, 3.8) is 0 Å². The molecule has 2 N–H and O–H groups in total. The minimum atomic E-state index is 0.100. The molecule has 55 heavy (non-hydrogen) atoms. The van der Waals surface area contributed by atoms with Crippen LogP contribution in [0.3, 0.4) is 0 Å². The normalized spacial score (nSPS) is 14.3. The Morgan fingerprint density at radius 2 is 1.05 bits per heavy atom. The van der Waals surface area contributed by atoms with Crippen molar-refractivity contribution < 1.29 is 5.32 Å². The Morgan fingerprint density at radius 1 is 0.473 bits per heavy atom. The van der Waals surface area contributed by atoms with Crippen molar-refractivity contribution >= 4 is 60.3 Å². The average Bonchev–Trinajstić information content (AvgIpc) is 3.57. The molecule has 0 spiro atoms. The molecule has 1 unspecified atom stereocenters. The fourth-order valence-electron chi connectivity index (χ4n) is 8.62. The van der Waals surface area contributed by atoms with Crippen molar-refractivity contribution in [2.24, 2.45) is 0 Å². The van der Waals surface area contributed by atoms with E-state index in [9.17, 15) is 0 Å². The molecular weight excluding hydrogens is 669 g/mol. The Morgan fingerprint density at radius 3 is 1.76 bits per heavy atom. The van der Waals surface area contributed by atoms with Gasteiger partial charge in [-0.3, -0.25) is 4.57 Å². The first-order valence-corrected chi connectivity index (χ1v) is 18.9. The number of hydrogen-bond acceptors (Lipinski definition) is 2. The summed E-state index contributed by atoms with van der Waals surface area (Å²) in [6.07, 6.45) is 6.73. The van der Waals surface area contributed by atoms with Crippen LogP contribution in [0.1, 0.15) is 17.2 Å². The molecule has 0 aliphatic carbocycles. The molecule has 258 valence electrons. The van der Waals surface area contributed by atoms with Gasteiger partial charge < -0.3 is 5.32 Å². The van der Waals surface area contributed by atoms with E-state index in [-0.39, 0.29) is 6.04 Å². The molecule has 0 bridgehead atoms. The molecule has 1 aliphatic rings. The summed E-state index contributed by atoms with van der Waals surface area (Å²) in [5.74, 6) is 0. The Labute approximate surface area is 318 Å². The maximum Gasteiger partial charge on any atom is 0.165 e. The highest BCUT2D eigenvalue weighted by Gasteiger charge is 2.23. The van der Waals surface area contributed by atoms with E-state index in [4.69, 9.17) is 9.97 Å². The Bertz CT molecular complexity index is 3120. The van der Waals surface area contributed by atoms with Crippen LogP contribution >= 0.6 is 0 Å². The molecule has 1 aliphatic heterocycles. The standard InChI is InChI=1S/C51H34N4/c1-3-15-33(16-4-1)48-38-21-7-9-23-40(38)49(41-24-10-8-22-39(41)48)36-18-13-17-34(31-36)43-27-14-28-44(52-43)35-29-30-47-42(32-35)50-51(55(47)37-19-5-2-6-20-37)54-46-26-12-11-25-45(46)53-50/h1-32,44,52H/p+1. The van der Waals surface area contributed by atoms with E-state index < -0.39 is 0 Å². The summed E-state index contributed by atoms with van der Waals surface area (Å²) < 4.78 is 2.24. The summed E-state index contributed by atoms with van der Waals surface area (Å²) >= 11 is 0. The zero-order chi connectivity index (χ0) is 36.3. The number of nitrogens with zero attached hydrogens (tertiary/aromatic N) is 3. The lowest BCUT2D eigenvalue weighted by molar-refractivity contribution is -0.598. The predicted molar refractivity (Wildman–Crippen MR) is 228 cm³/mol. The monoisotopic (exact) mass is 703 g/mol. The largest absolute Gasteiger partial charge is 0.304 e. The zero-order valence-corrected chi connectivity index (χ0v) is 30.0. The molecule has 0 fully saturated rings. The van der Waals surface area contributed by atoms with Crippen molar-refractivity contribution in [2.45, 2.75) is 6.04 Å². The van der Waals surface area contributed by atoms with Gasteiger partial charge in [-0.15, -0.1) is 0 Å². The van der Waals surface area contributed by atoms with Gasteiger partial charge in [0.2, 0.25) is 0 Å². The molecule has 0 saturated carbocycles. The number of fused-ring (bicyclic) bond motifs is 6. The van der Waals surface area contributed by atoms with Crippen molar-refractivity contribution in [1.29, 1.82) is 0 Å². The molecule has 4 nitrogen and oxygen atoms in total. The van der Waals surface area contributed by atoms with Crippen LogP contribution in [0.5, 0.6) is 0 Å². The zero-order valence-electron chi connectivity index (χ0n) is 30.0. The van der Waals surface area contributed by atoms with Crippen molar-refractivity contribution in [3.05, 3.63) is 205 Å². The summed E-state index contributed by atoms with van der Waals surface area (Å²) in [5.41, 5.74) is 14.4. The van der Waals surface area contributed by atoms with E-state index in [1.54, 1.807) is 0 Å². The van der Waals surface area contributed by atoms with E-state index in [1.165, 1.54) is 60.6 Å². The first-order chi connectivity index (χ1) is 27.3. The van der Waals surface area contributed by atoms with Crippen molar-refractivity contribution in [2.75, 3.05) is 0 Å². The summed E-state index contributed by atoms with van der Waals surface area (Å²) in [5, 5.41) is 8.55. The van der Waals surface area contributed by atoms with Crippen LogP contribution in [0.15, 0.2) is 194 Å². The number of para-hydroxylation sites is 3. The Hall–Kier alpha value is -7.14. The Balaban J connectivity index is 1.00. The van der Waals surface area contributed by atoms with Gasteiger partial charge in [-0.25, -0.2) is 9.97 Å². The van der Waals surface area contributed by atoms with Crippen LogP contribution in [-0.2, 0) is 0 Å². The molecule has 0 saturated heterocycles. The van der Waals surface area contributed by atoms with Gasteiger partial charge in [0.15, 0.2) is 5.65 Å². The minimum Gasteiger partial charge on any atom is -0.304 e. The Kier molecular flexibility index (Phi) is 7.29. The second-order valence-corrected chi connectivity index (χ2v) is 14.3. The molecule has 11 rings (SSSR count). The topological polar surface area (TPSA) is 47.3 Å². The van der Waals surface area contributed by atoms with Crippen LogP contribution in [-0.4, -0.2) is 14.5 Å². The average molecular weight is 704 g/mol. The highest BCUT2D eigenvalue weighted by atomic mass is 15.1. The van der Waals surface area contributed by atoms with Gasteiger partial charge in [-0.2, -0.15) is 0 Å². The minimum absolute atomic E-state index is 0.100. The number of hydrogen-bond donors (Lipinski definition) is 1. The van der Waals surface area contributed by atoms with E-state index in [1.807, 2.05) is 24.3 Å². The molecule has 8 aromatic carbocycles. The number of rotatable bonds is 5. The first-order valence-electron chi connectivity index (χ1n) is 18.9. The molecular formula is C51H35N4+. The summed E-state index contributed by atoms with van der Waals surface area (Å²) in [7, 11) is 0.